The van der Waals surface area contributed by atoms with Crippen molar-refractivity contribution in [2.24, 2.45) is 0 Å². The van der Waals surface area contributed by atoms with Gasteiger partial charge in [-0.05, 0) is 0 Å². The Kier molecular flexibility index (Phi) is 24.7. The molecule has 0 aliphatic rings. The summed E-state index contributed by atoms with van der Waals surface area (Å²) >= 11 is 3.71. The van der Waals surface area contributed by atoms with E-state index in [0.717, 1.165) is 0 Å². The fourth-order valence-electron chi connectivity index (χ4n) is 0. The molecular weight excluding hydrogens is 398 g/mol. The van der Waals surface area contributed by atoms with Crippen molar-refractivity contribution >= 4 is 46.8 Å². The van der Waals surface area contributed by atoms with E-state index in [0.29, 0.717) is 0 Å². The molecule has 0 saturated heterocycles. The molecule has 0 rings (SSSR count). The molecule has 0 radical (unpaired) electrons. The van der Waals surface area contributed by atoms with Gasteiger partial charge in [0.25, 0.3) is 0 Å². The second kappa shape index (κ2) is 12.8. The van der Waals surface area contributed by atoms with Crippen LogP contribution >= 0.6 is 0 Å². The zero-order chi connectivity index (χ0) is 7.15. The van der Waals surface area contributed by atoms with E-state index < -0.39 is 18.0 Å². The normalized spacial score (nSPS) is 13.6. The van der Waals surface area contributed by atoms with Crippen LogP contribution in [0.25, 0.3) is 0 Å². The fraction of sp³-hybridized carbons (Fsp3) is 0. The summed E-state index contributed by atoms with van der Waals surface area (Å²) in [6, 6.07) is 0. The Bertz CT molecular complexity index is 133. The second-order valence-electron chi connectivity index (χ2n) is 0.447. The van der Waals surface area contributed by atoms with Gasteiger partial charge in [0.1, 0.15) is 0 Å². The third-order valence-electron chi connectivity index (χ3n) is 0. The van der Waals surface area contributed by atoms with Gasteiger partial charge < -0.3 is 0 Å². The van der Waals surface area contributed by atoms with E-state index in [4.69, 9.17) is 17.5 Å². The molecule has 4 nitrogen and oxygen atoms in total. The Morgan fingerprint density at radius 2 is 1.00 bits per heavy atom. The van der Waals surface area contributed by atoms with Gasteiger partial charge in [-0.25, -0.2) is 0 Å². The minimum absolute atomic E-state index is 0. The third kappa shape index (κ3) is 143. The van der Waals surface area contributed by atoms with Crippen molar-refractivity contribution in [3.05, 3.63) is 0 Å². The second-order valence-corrected chi connectivity index (χ2v) is 5.09. The summed E-state index contributed by atoms with van der Waals surface area (Å²) in [7, 11) is -4.49. The van der Waals surface area contributed by atoms with Gasteiger partial charge in [0.15, 0.2) is 0 Å². The molecule has 2 atom stereocenters. The van der Waals surface area contributed by atoms with Crippen LogP contribution in [0.15, 0.2) is 0 Å². The average Bonchev–Trinajstić information content (AvgIpc) is 1.25. The van der Waals surface area contributed by atoms with Gasteiger partial charge in [-0.15, -0.1) is 0 Å². The van der Waals surface area contributed by atoms with Crippen molar-refractivity contribution in [2.45, 2.75) is 0 Å². The van der Waals surface area contributed by atoms with Gasteiger partial charge in [-0.1, -0.05) is 0 Å². The van der Waals surface area contributed by atoms with Crippen molar-refractivity contribution in [1.29, 1.82) is 0 Å². The first-order valence-electron chi connectivity index (χ1n) is 1.10. The zero-order valence-electron chi connectivity index (χ0n) is 4.05. The minimum atomic E-state index is -2.25. The Morgan fingerprint density at radius 3 is 1.00 bits per heavy atom. The van der Waals surface area contributed by atoms with Crippen LogP contribution in [0.4, 0.5) is 0 Å². The summed E-state index contributed by atoms with van der Waals surface area (Å²) in [5.74, 6) is 0. The molecule has 52 valence electrons. The molecule has 0 amide bonds. The van der Waals surface area contributed by atoms with E-state index in [1.165, 1.54) is 0 Å². The zero-order valence-corrected chi connectivity index (χ0v) is 13.3. The summed E-state index contributed by atoms with van der Waals surface area (Å²) in [4.78, 5) is 0. The first-order chi connectivity index (χ1) is 3.46. The molecule has 0 aliphatic carbocycles. The van der Waals surface area contributed by atoms with Gasteiger partial charge in [-0.3, -0.25) is 0 Å². The van der Waals surface area contributed by atoms with Gasteiger partial charge in [0.05, 0.1) is 0 Å². The molecule has 0 N–H and O–H groups in total. The molecule has 0 aliphatic heterocycles. The first kappa shape index (κ1) is 17.3. The van der Waals surface area contributed by atoms with Crippen LogP contribution in [-0.2, 0) is 45.3 Å². The molecule has 0 saturated carbocycles. The van der Waals surface area contributed by atoms with Crippen LogP contribution in [0.5, 0.6) is 0 Å². The largest absolute Gasteiger partial charge is 2.00 e. The molecular formula is H2CdO4S2Se2. The number of rotatable bonds is 0. The molecule has 9 heavy (non-hydrogen) atoms. The Hall–Kier alpha value is 2.18. The van der Waals surface area contributed by atoms with Gasteiger partial charge in [0, 0.05) is 0 Å². The summed E-state index contributed by atoms with van der Waals surface area (Å²) < 4.78 is 35.9. The molecule has 0 spiro atoms. The van der Waals surface area contributed by atoms with E-state index in [-0.39, 0.29) is 27.3 Å². The van der Waals surface area contributed by atoms with Crippen molar-refractivity contribution in [2.75, 3.05) is 0 Å². The maximum Gasteiger partial charge on any atom is 2.00 e. The molecule has 0 aromatic carbocycles. The van der Waals surface area contributed by atoms with E-state index in [1.807, 2.05) is 28.8 Å². The SMILES string of the molecule is O=[SH]([O-])=[Se].O=[SH]([O-])=[Se].[Cd+2]. The van der Waals surface area contributed by atoms with Crippen LogP contribution in [0.1, 0.15) is 0 Å². The average molecular weight is 400 g/mol. The van der Waals surface area contributed by atoms with E-state index >= 15 is 0 Å². The number of hydrogen-bond acceptors (Lipinski definition) is 4. The van der Waals surface area contributed by atoms with Crippen LogP contribution < -0.4 is 0 Å². The number of thiol groups is 2. The molecule has 9 heteroatoms. The van der Waals surface area contributed by atoms with Gasteiger partial charge >= 0.3 is 91.6 Å². The van der Waals surface area contributed by atoms with E-state index in [2.05, 4.69) is 0 Å². The minimum Gasteiger partial charge on any atom is 2.00 e. The molecule has 2 unspecified atom stereocenters. The Balaban J connectivity index is -0.0000000720. The molecule has 0 bridgehead atoms. The Labute approximate surface area is 90.4 Å². The Morgan fingerprint density at radius 1 is 1.00 bits per heavy atom. The van der Waals surface area contributed by atoms with Crippen LogP contribution in [0.3, 0.4) is 0 Å². The summed E-state index contributed by atoms with van der Waals surface area (Å²) in [5.41, 5.74) is 0. The monoisotopic (exact) mass is 404 g/mol. The van der Waals surface area contributed by atoms with Crippen molar-refractivity contribution < 1.29 is 44.8 Å². The molecule has 0 heterocycles. The van der Waals surface area contributed by atoms with Crippen LogP contribution in [0.2, 0.25) is 0 Å². The van der Waals surface area contributed by atoms with E-state index in [1.54, 1.807) is 0 Å². The van der Waals surface area contributed by atoms with E-state index in [9.17, 15) is 0 Å². The van der Waals surface area contributed by atoms with Crippen LogP contribution in [-0.4, -0.2) is 46.3 Å². The van der Waals surface area contributed by atoms with Crippen molar-refractivity contribution in [1.82, 2.24) is 0 Å². The molecule has 0 fully saturated rings. The summed E-state index contributed by atoms with van der Waals surface area (Å²) in [5, 5.41) is 0. The summed E-state index contributed by atoms with van der Waals surface area (Å²) in [6.07, 6.45) is 0. The fourth-order valence-corrected chi connectivity index (χ4v) is 0. The van der Waals surface area contributed by atoms with Crippen molar-refractivity contribution in [3.63, 3.8) is 0 Å². The van der Waals surface area contributed by atoms with Gasteiger partial charge in [-0.2, -0.15) is 0 Å². The molecule has 0 aromatic rings. The number of hydrogen-bond donors (Lipinski definition) is 2. The first-order valence-corrected chi connectivity index (χ1v) is 7.88. The smallest absolute Gasteiger partial charge is 2.00 e. The predicted molar refractivity (Wildman–Crippen MR) is 32.1 cm³/mol. The maximum atomic E-state index is 8.98. The molecule has 0 aromatic heterocycles. The summed E-state index contributed by atoms with van der Waals surface area (Å²) in [6.45, 7) is 0. The standard InChI is InChI=1S/Cd.2H2O2SSe/c;2*1-3(2)4/h;2*3H,(H,1,2,4)/q+2;;/p-2. The predicted octanol–water partition coefficient (Wildman–Crippen LogP) is -2.64. The third-order valence-corrected chi connectivity index (χ3v) is 0. The maximum absolute atomic E-state index is 8.98. The van der Waals surface area contributed by atoms with Crippen LogP contribution in [0, 0.1) is 0 Å². The topological polar surface area (TPSA) is 80.3 Å². The van der Waals surface area contributed by atoms with Gasteiger partial charge in [0.2, 0.25) is 0 Å². The quantitative estimate of drug-likeness (QED) is 0.344. The van der Waals surface area contributed by atoms with Crippen molar-refractivity contribution in [3.8, 4) is 0 Å².